The van der Waals surface area contributed by atoms with E-state index in [1.54, 1.807) is 12.1 Å². The summed E-state index contributed by atoms with van der Waals surface area (Å²) >= 11 is 22.6. The summed E-state index contributed by atoms with van der Waals surface area (Å²) in [5.41, 5.74) is 1.06. The van der Waals surface area contributed by atoms with Crippen LogP contribution in [0.4, 0.5) is 5.69 Å². The van der Waals surface area contributed by atoms with Gasteiger partial charge in [-0.05, 0) is 71.2 Å². The molecule has 0 fully saturated rings. The number of benzene rings is 2. The number of hydrogen-bond acceptors (Lipinski definition) is 2. The molecule has 2 rings (SSSR count). The van der Waals surface area contributed by atoms with Crippen molar-refractivity contribution in [3.05, 3.63) is 60.0 Å². The van der Waals surface area contributed by atoms with Gasteiger partial charge in [0.15, 0.2) is 5.11 Å². The lowest BCUT2D eigenvalue weighted by Crippen LogP contribution is -2.34. The molecule has 2 N–H and O–H groups in total. The summed E-state index contributed by atoms with van der Waals surface area (Å²) in [5, 5.41) is 6.46. The van der Waals surface area contributed by atoms with E-state index in [1.807, 2.05) is 18.2 Å². The molecule has 2 aromatic rings. The molecular weight excluding hydrogens is 522 g/mol. The molecule has 1 amide bonds. The number of rotatable bonds is 2. The van der Waals surface area contributed by atoms with Crippen LogP contribution in [0.5, 0.6) is 0 Å². The highest BCUT2D eigenvalue weighted by molar-refractivity contribution is 14.1. The lowest BCUT2D eigenvalue weighted by atomic mass is 10.2. The zero-order valence-electron chi connectivity index (χ0n) is 10.8. The minimum atomic E-state index is -0.419. The number of amides is 1. The Bertz CT molecular complexity index is 758. The fourth-order valence-corrected chi connectivity index (χ4v) is 3.60. The summed E-state index contributed by atoms with van der Waals surface area (Å²) in [4.78, 5) is 12.2. The van der Waals surface area contributed by atoms with Gasteiger partial charge in [0, 0.05) is 13.1 Å². The van der Waals surface area contributed by atoms with Crippen LogP contribution in [0.3, 0.4) is 0 Å². The highest BCUT2D eigenvalue weighted by Crippen LogP contribution is 2.23. The maximum atomic E-state index is 12.2. The van der Waals surface area contributed by atoms with Crippen molar-refractivity contribution in [2.75, 3.05) is 5.32 Å². The molecular formula is C14H8BrCl2IN2OS. The van der Waals surface area contributed by atoms with Crippen LogP contribution in [-0.2, 0) is 0 Å². The first-order chi connectivity index (χ1) is 10.4. The van der Waals surface area contributed by atoms with Gasteiger partial charge in [0.05, 0.1) is 16.3 Å². The van der Waals surface area contributed by atoms with Gasteiger partial charge in [-0.25, -0.2) is 0 Å². The molecule has 0 bridgehead atoms. The molecule has 0 aliphatic carbocycles. The highest BCUT2D eigenvalue weighted by Gasteiger charge is 2.13. The summed E-state index contributed by atoms with van der Waals surface area (Å²) in [6.45, 7) is 0. The first-order valence-corrected chi connectivity index (χ1v) is 8.93. The molecule has 0 aliphatic heterocycles. The number of anilines is 1. The van der Waals surface area contributed by atoms with E-state index in [1.165, 1.54) is 6.07 Å². The van der Waals surface area contributed by atoms with Crippen molar-refractivity contribution >= 4 is 90.6 Å². The third-order valence-electron chi connectivity index (χ3n) is 2.58. The number of carbonyl (C=O) groups is 1. The largest absolute Gasteiger partial charge is 0.332 e. The number of nitrogens with one attached hydrogen (secondary N) is 2. The van der Waals surface area contributed by atoms with E-state index in [4.69, 9.17) is 35.4 Å². The van der Waals surface area contributed by atoms with Gasteiger partial charge in [-0.1, -0.05) is 39.1 Å². The average Bonchev–Trinajstić information content (AvgIpc) is 2.44. The Kier molecular flexibility index (Phi) is 6.46. The Morgan fingerprint density at radius 3 is 2.59 bits per heavy atom. The second-order valence-electron chi connectivity index (χ2n) is 4.16. The first-order valence-electron chi connectivity index (χ1n) is 5.89. The van der Waals surface area contributed by atoms with Crippen molar-refractivity contribution in [1.29, 1.82) is 0 Å². The van der Waals surface area contributed by atoms with E-state index < -0.39 is 5.91 Å². The average molecular weight is 530 g/mol. The summed E-state index contributed by atoms with van der Waals surface area (Å²) in [6, 6.07) is 10.3. The molecule has 0 aliphatic rings. The quantitative estimate of drug-likeness (QED) is 0.399. The molecule has 114 valence electrons. The monoisotopic (exact) mass is 528 g/mol. The normalized spacial score (nSPS) is 10.2. The van der Waals surface area contributed by atoms with E-state index in [-0.39, 0.29) is 10.7 Å². The van der Waals surface area contributed by atoms with Gasteiger partial charge in [0.2, 0.25) is 0 Å². The Labute approximate surface area is 165 Å². The standard InChI is InChI=1S/C14H8BrCl2IN2OS/c15-7-1-4-12(11(18)5-7)19-14(22)20-13(21)9-6-8(16)2-3-10(9)17/h1-6H,(H2,19,20,21,22). The fourth-order valence-electron chi connectivity index (χ4n) is 1.59. The van der Waals surface area contributed by atoms with E-state index >= 15 is 0 Å². The molecule has 0 atom stereocenters. The Hall–Kier alpha value is -0.410. The SMILES string of the molecule is O=C(NC(=S)Nc1ccc(Br)cc1I)c1cc(Cl)ccc1Cl. The van der Waals surface area contributed by atoms with Crippen LogP contribution in [0.25, 0.3) is 0 Å². The maximum Gasteiger partial charge on any atom is 0.258 e. The fraction of sp³-hybridized carbons (Fsp3) is 0. The van der Waals surface area contributed by atoms with E-state index in [0.29, 0.717) is 10.0 Å². The summed E-state index contributed by atoms with van der Waals surface area (Å²) < 4.78 is 1.92. The van der Waals surface area contributed by atoms with Crippen LogP contribution in [0.2, 0.25) is 10.0 Å². The second kappa shape index (κ2) is 7.92. The van der Waals surface area contributed by atoms with Crippen molar-refractivity contribution in [2.45, 2.75) is 0 Å². The minimum absolute atomic E-state index is 0.182. The predicted molar refractivity (Wildman–Crippen MR) is 107 cm³/mol. The lowest BCUT2D eigenvalue weighted by Gasteiger charge is -2.12. The number of hydrogen-bond donors (Lipinski definition) is 2. The van der Waals surface area contributed by atoms with Crippen LogP contribution in [0.15, 0.2) is 40.9 Å². The summed E-state index contributed by atoms with van der Waals surface area (Å²) in [5.74, 6) is -0.419. The molecule has 0 radical (unpaired) electrons. The molecule has 2 aromatic carbocycles. The smallest absolute Gasteiger partial charge is 0.258 e. The van der Waals surface area contributed by atoms with Gasteiger partial charge in [0.1, 0.15) is 0 Å². The van der Waals surface area contributed by atoms with Gasteiger partial charge in [0.25, 0.3) is 5.91 Å². The zero-order valence-corrected chi connectivity index (χ0v) is 16.9. The van der Waals surface area contributed by atoms with E-state index in [0.717, 1.165) is 13.7 Å². The number of thiocarbonyl (C=S) groups is 1. The van der Waals surface area contributed by atoms with Crippen molar-refractivity contribution in [3.8, 4) is 0 Å². The molecule has 0 saturated heterocycles. The van der Waals surface area contributed by atoms with Crippen LogP contribution < -0.4 is 10.6 Å². The molecule has 8 heteroatoms. The van der Waals surface area contributed by atoms with E-state index in [2.05, 4.69) is 49.2 Å². The molecule has 0 saturated carbocycles. The van der Waals surface area contributed by atoms with Crippen LogP contribution >= 0.6 is 73.9 Å². The van der Waals surface area contributed by atoms with Crippen molar-refractivity contribution in [3.63, 3.8) is 0 Å². The third kappa shape index (κ3) is 4.79. The second-order valence-corrected chi connectivity index (χ2v) is 7.49. The molecule has 0 spiro atoms. The number of halogens is 4. The van der Waals surface area contributed by atoms with Crippen molar-refractivity contribution in [1.82, 2.24) is 5.32 Å². The molecule has 3 nitrogen and oxygen atoms in total. The summed E-state index contributed by atoms with van der Waals surface area (Å²) in [6.07, 6.45) is 0. The summed E-state index contributed by atoms with van der Waals surface area (Å²) in [7, 11) is 0. The lowest BCUT2D eigenvalue weighted by molar-refractivity contribution is 0.0978. The van der Waals surface area contributed by atoms with Crippen molar-refractivity contribution in [2.24, 2.45) is 0 Å². The van der Waals surface area contributed by atoms with Gasteiger partial charge in [-0.15, -0.1) is 0 Å². The Morgan fingerprint density at radius 2 is 1.91 bits per heavy atom. The van der Waals surface area contributed by atoms with Gasteiger partial charge < -0.3 is 5.32 Å². The van der Waals surface area contributed by atoms with Gasteiger partial charge >= 0.3 is 0 Å². The molecule has 0 heterocycles. The number of carbonyl (C=O) groups excluding carboxylic acids is 1. The topological polar surface area (TPSA) is 41.1 Å². The zero-order chi connectivity index (χ0) is 16.3. The highest BCUT2D eigenvalue weighted by atomic mass is 127. The predicted octanol–water partition coefficient (Wildman–Crippen LogP) is 5.49. The Morgan fingerprint density at radius 1 is 1.18 bits per heavy atom. The van der Waals surface area contributed by atoms with Gasteiger partial charge in [-0.3, -0.25) is 10.1 Å². The minimum Gasteiger partial charge on any atom is -0.332 e. The van der Waals surface area contributed by atoms with Crippen LogP contribution in [0, 0.1) is 3.57 Å². The van der Waals surface area contributed by atoms with Crippen LogP contribution in [0.1, 0.15) is 10.4 Å². The van der Waals surface area contributed by atoms with E-state index in [9.17, 15) is 4.79 Å². The van der Waals surface area contributed by atoms with Crippen LogP contribution in [-0.4, -0.2) is 11.0 Å². The Balaban J connectivity index is 2.08. The van der Waals surface area contributed by atoms with Crippen molar-refractivity contribution < 1.29 is 4.79 Å². The molecule has 0 aromatic heterocycles. The van der Waals surface area contributed by atoms with Gasteiger partial charge in [-0.2, -0.15) is 0 Å². The molecule has 0 unspecified atom stereocenters. The third-order valence-corrected chi connectivity index (χ3v) is 4.73. The first kappa shape index (κ1) is 17.9. The maximum absolute atomic E-state index is 12.2. The molecule has 22 heavy (non-hydrogen) atoms.